The van der Waals surface area contributed by atoms with E-state index in [0.717, 1.165) is 0 Å². The number of rotatable bonds is 4. The van der Waals surface area contributed by atoms with Crippen LogP contribution in [0.2, 0.25) is 0 Å². The third kappa shape index (κ3) is 5.24. The van der Waals surface area contributed by atoms with Gasteiger partial charge in [0.15, 0.2) is 0 Å². The summed E-state index contributed by atoms with van der Waals surface area (Å²) < 4.78 is 31.6. The molecule has 152 valence electrons. The van der Waals surface area contributed by atoms with E-state index in [1.807, 2.05) is 33.8 Å². The zero-order valence-electron chi connectivity index (χ0n) is 17.6. The second-order valence-electron chi connectivity index (χ2n) is 8.97. The molecule has 6 nitrogen and oxygen atoms in total. The van der Waals surface area contributed by atoms with E-state index in [1.165, 1.54) is 6.07 Å². The molecule has 1 aromatic rings. The summed E-state index contributed by atoms with van der Waals surface area (Å²) in [7, 11) is -0.666. The van der Waals surface area contributed by atoms with E-state index in [1.54, 1.807) is 32.9 Å². The lowest BCUT2D eigenvalue weighted by Gasteiger charge is -2.32. The summed E-state index contributed by atoms with van der Waals surface area (Å²) in [4.78, 5) is 11.8. The van der Waals surface area contributed by atoms with Crippen molar-refractivity contribution in [2.24, 2.45) is 0 Å². The van der Waals surface area contributed by atoms with Crippen LogP contribution in [0.1, 0.15) is 54.0 Å². The fraction of sp³-hybridized carbons (Fsp3) is 0.600. The van der Waals surface area contributed by atoms with Gasteiger partial charge in [-0.2, -0.15) is 5.26 Å². The molecule has 1 atom stereocenters. The fourth-order valence-electron chi connectivity index (χ4n) is 2.65. The number of nitrogens with one attached hydrogen (secondary N) is 1. The maximum atomic E-state index is 14.6. The van der Waals surface area contributed by atoms with Gasteiger partial charge in [-0.05, 0) is 65.6 Å². The third-order valence-electron chi connectivity index (χ3n) is 4.87. The predicted octanol–water partition coefficient (Wildman–Crippen LogP) is 3.08. The molecule has 1 aliphatic rings. The summed E-state index contributed by atoms with van der Waals surface area (Å²) in [6.45, 7) is 12.9. The van der Waals surface area contributed by atoms with Gasteiger partial charge in [0.1, 0.15) is 17.5 Å². The topological polar surface area (TPSA) is 80.6 Å². The maximum absolute atomic E-state index is 14.6. The zero-order valence-corrected chi connectivity index (χ0v) is 17.6. The summed E-state index contributed by atoms with van der Waals surface area (Å²) in [6.07, 6.45) is -0.695. The molecule has 1 saturated heterocycles. The minimum Gasteiger partial charge on any atom is -0.444 e. The quantitative estimate of drug-likeness (QED) is 0.800. The number of hydrogen-bond donors (Lipinski definition) is 1. The highest BCUT2D eigenvalue weighted by Crippen LogP contribution is 2.36. The van der Waals surface area contributed by atoms with Crippen molar-refractivity contribution >= 4 is 18.7 Å². The smallest absolute Gasteiger partial charge is 0.444 e. The van der Waals surface area contributed by atoms with Gasteiger partial charge in [-0.15, -0.1) is 0 Å². The highest BCUT2D eigenvalue weighted by atomic mass is 19.1. The van der Waals surface area contributed by atoms with Crippen molar-refractivity contribution in [3.8, 4) is 6.07 Å². The number of carbonyl (C=O) groups excluding carboxylic acids is 1. The van der Waals surface area contributed by atoms with Crippen LogP contribution in [0.15, 0.2) is 18.2 Å². The fourth-order valence-corrected chi connectivity index (χ4v) is 2.65. The highest BCUT2D eigenvalue weighted by molar-refractivity contribution is 6.62. The summed E-state index contributed by atoms with van der Waals surface area (Å²) in [6, 6.07) is 5.69. The number of amides is 1. The molecule has 0 radical (unpaired) electrons. The number of benzene rings is 1. The Morgan fingerprint density at radius 2 is 1.86 bits per heavy atom. The van der Waals surface area contributed by atoms with Crippen molar-refractivity contribution in [3.05, 3.63) is 29.6 Å². The number of nitriles is 1. The molecule has 1 aromatic carbocycles. The molecule has 1 amide bonds. The maximum Gasteiger partial charge on any atom is 0.494 e. The first-order valence-corrected chi connectivity index (χ1v) is 9.27. The molecule has 28 heavy (non-hydrogen) atoms. The highest BCUT2D eigenvalue weighted by Gasteiger charge is 2.51. The van der Waals surface area contributed by atoms with Crippen LogP contribution in [0.5, 0.6) is 0 Å². The van der Waals surface area contributed by atoms with Gasteiger partial charge in [0.05, 0.1) is 17.3 Å². The van der Waals surface area contributed by atoms with Gasteiger partial charge in [-0.25, -0.2) is 9.18 Å². The normalized spacial score (nSPS) is 19.0. The molecule has 0 aliphatic carbocycles. The minimum absolute atomic E-state index is 0.0191. The predicted molar refractivity (Wildman–Crippen MR) is 105 cm³/mol. The number of ether oxygens (including phenoxy) is 1. The number of hydrogen-bond acceptors (Lipinski definition) is 5. The molecule has 1 aliphatic heterocycles. The van der Waals surface area contributed by atoms with Crippen molar-refractivity contribution in [3.63, 3.8) is 0 Å². The van der Waals surface area contributed by atoms with Gasteiger partial charge in [0.25, 0.3) is 0 Å². The largest absolute Gasteiger partial charge is 0.494 e. The zero-order chi connectivity index (χ0) is 21.3. The van der Waals surface area contributed by atoms with Crippen molar-refractivity contribution in [1.82, 2.24) is 5.32 Å². The Morgan fingerprint density at radius 3 is 2.32 bits per heavy atom. The van der Waals surface area contributed by atoms with Gasteiger partial charge >= 0.3 is 13.2 Å². The van der Waals surface area contributed by atoms with Gasteiger partial charge in [0, 0.05) is 6.42 Å². The number of nitrogens with zero attached hydrogens (tertiary/aromatic N) is 1. The SMILES string of the molecule is CC(C)(C)OC(=O)NC(C#N)Cc1ccc(B2OC(C)(C)C(C)(C)O2)cc1F. The van der Waals surface area contributed by atoms with Crippen molar-refractivity contribution < 1.29 is 23.2 Å². The monoisotopic (exact) mass is 390 g/mol. The van der Waals surface area contributed by atoms with E-state index < -0.39 is 41.9 Å². The lowest BCUT2D eigenvalue weighted by molar-refractivity contribution is 0.00578. The molecular formula is C20H28BFN2O4. The Labute approximate surface area is 166 Å². The van der Waals surface area contributed by atoms with E-state index in [9.17, 15) is 14.4 Å². The first kappa shape index (κ1) is 22.2. The molecule has 1 heterocycles. The molecule has 1 N–H and O–H groups in total. The van der Waals surface area contributed by atoms with Crippen molar-refractivity contribution in [2.75, 3.05) is 0 Å². The molecule has 0 aromatic heterocycles. The second-order valence-corrected chi connectivity index (χ2v) is 8.97. The molecule has 1 unspecified atom stereocenters. The van der Waals surface area contributed by atoms with E-state index in [2.05, 4.69) is 5.32 Å². The van der Waals surface area contributed by atoms with Crippen LogP contribution in [-0.4, -0.2) is 36.1 Å². The van der Waals surface area contributed by atoms with Gasteiger partial charge in [-0.3, -0.25) is 0 Å². The first-order chi connectivity index (χ1) is 12.7. The summed E-state index contributed by atoms with van der Waals surface area (Å²) in [5.74, 6) is -0.488. The van der Waals surface area contributed by atoms with E-state index in [4.69, 9.17) is 14.0 Å². The van der Waals surface area contributed by atoms with E-state index in [0.29, 0.717) is 11.0 Å². The average Bonchev–Trinajstić information content (AvgIpc) is 2.74. The number of halogens is 1. The van der Waals surface area contributed by atoms with Gasteiger partial charge in [0.2, 0.25) is 0 Å². The Kier molecular flexibility index (Phi) is 6.12. The van der Waals surface area contributed by atoms with E-state index in [-0.39, 0.29) is 6.42 Å². The molecule has 2 rings (SSSR count). The molecule has 0 spiro atoms. The summed E-state index contributed by atoms with van der Waals surface area (Å²) in [5, 5.41) is 11.7. The lowest BCUT2D eigenvalue weighted by atomic mass is 9.78. The van der Waals surface area contributed by atoms with Crippen LogP contribution < -0.4 is 10.8 Å². The molecule has 0 saturated carbocycles. The Morgan fingerprint density at radius 1 is 1.29 bits per heavy atom. The van der Waals surface area contributed by atoms with Crippen LogP contribution in [0.25, 0.3) is 0 Å². The van der Waals surface area contributed by atoms with Crippen LogP contribution in [0.3, 0.4) is 0 Å². The Hall–Kier alpha value is -2.11. The second kappa shape index (κ2) is 7.73. The van der Waals surface area contributed by atoms with Gasteiger partial charge < -0.3 is 19.4 Å². The Bertz CT molecular complexity index is 767. The summed E-state index contributed by atoms with van der Waals surface area (Å²) >= 11 is 0. The van der Waals surface area contributed by atoms with Crippen LogP contribution >= 0.6 is 0 Å². The molecule has 8 heteroatoms. The average molecular weight is 390 g/mol. The molecule has 1 fully saturated rings. The lowest BCUT2D eigenvalue weighted by Crippen LogP contribution is -2.41. The first-order valence-electron chi connectivity index (χ1n) is 9.27. The third-order valence-corrected chi connectivity index (χ3v) is 4.87. The van der Waals surface area contributed by atoms with Crippen LogP contribution in [0.4, 0.5) is 9.18 Å². The van der Waals surface area contributed by atoms with Crippen LogP contribution in [-0.2, 0) is 20.5 Å². The van der Waals surface area contributed by atoms with Crippen molar-refractivity contribution in [2.45, 2.75) is 77.7 Å². The van der Waals surface area contributed by atoms with Crippen LogP contribution in [0, 0.1) is 17.1 Å². The number of carbonyl (C=O) groups is 1. The van der Waals surface area contributed by atoms with Crippen molar-refractivity contribution in [1.29, 1.82) is 5.26 Å². The van der Waals surface area contributed by atoms with Gasteiger partial charge in [-0.1, -0.05) is 12.1 Å². The van der Waals surface area contributed by atoms with E-state index >= 15 is 0 Å². The molecule has 0 bridgehead atoms. The summed E-state index contributed by atoms with van der Waals surface area (Å²) in [5.41, 5.74) is -0.845. The number of alkyl carbamates (subject to hydrolysis) is 1. The standard InChI is InChI=1S/C20H28BFN2O4/c1-18(2,3)26-17(25)24-15(12-23)10-13-8-9-14(11-16(13)22)21-27-19(4,5)20(6,7)28-21/h8-9,11,15H,10H2,1-7H3,(H,24,25). The molecular weight excluding hydrogens is 362 g/mol. The minimum atomic E-state index is -0.910. The Balaban J connectivity index is 2.08.